The minimum absolute atomic E-state index is 0.0254. The Kier molecular flexibility index (Phi) is 8.30. The Balaban J connectivity index is 1.73. The molecule has 0 radical (unpaired) electrons. The number of hydrogen-bond acceptors (Lipinski definition) is 8. The van der Waals surface area contributed by atoms with Gasteiger partial charge in [-0.2, -0.15) is 13.2 Å². The van der Waals surface area contributed by atoms with Crippen molar-refractivity contribution in [3.05, 3.63) is 70.7 Å². The van der Waals surface area contributed by atoms with Crippen molar-refractivity contribution in [1.29, 1.82) is 0 Å². The van der Waals surface area contributed by atoms with Gasteiger partial charge in [-0.05, 0) is 68.3 Å². The van der Waals surface area contributed by atoms with Crippen LogP contribution in [0.5, 0.6) is 17.2 Å². The minimum Gasteiger partial charge on any atom is -0.493 e. The Labute approximate surface area is 233 Å². The van der Waals surface area contributed by atoms with Crippen molar-refractivity contribution < 1.29 is 46.8 Å². The molecule has 0 amide bonds. The molecule has 2 aromatic carbocycles. The highest BCUT2D eigenvalue weighted by atomic mass is 19.4. The molecule has 1 aliphatic heterocycles. The van der Waals surface area contributed by atoms with E-state index >= 15 is 0 Å². The van der Waals surface area contributed by atoms with E-state index in [0.29, 0.717) is 0 Å². The number of ether oxygens (including phenoxy) is 3. The van der Waals surface area contributed by atoms with Crippen molar-refractivity contribution in [3.63, 3.8) is 0 Å². The molecule has 2 atom stereocenters. The lowest BCUT2D eigenvalue weighted by atomic mass is 9.86. The van der Waals surface area contributed by atoms with Crippen molar-refractivity contribution in [3.8, 4) is 28.5 Å². The number of benzene rings is 2. The topological polar surface area (TPSA) is 124 Å². The number of aliphatic hydroxyl groups excluding tert-OH is 1. The summed E-state index contributed by atoms with van der Waals surface area (Å²) in [5, 5.41) is 20.1. The molecule has 8 nitrogen and oxygen atoms in total. The van der Waals surface area contributed by atoms with Crippen LogP contribution in [0.4, 0.5) is 17.6 Å². The average Bonchev–Trinajstić information content (AvgIpc) is 3.24. The van der Waals surface area contributed by atoms with Crippen LogP contribution >= 0.6 is 0 Å². The van der Waals surface area contributed by atoms with Crippen LogP contribution in [0.15, 0.2) is 42.5 Å². The van der Waals surface area contributed by atoms with Crippen LogP contribution in [0.25, 0.3) is 11.3 Å². The number of fused-ring (bicyclic) bond motifs is 1. The molecule has 0 bridgehead atoms. The van der Waals surface area contributed by atoms with Gasteiger partial charge in [-0.25, -0.2) is 9.37 Å². The number of aromatic nitrogens is 1. The Morgan fingerprint density at radius 3 is 2.54 bits per heavy atom. The van der Waals surface area contributed by atoms with E-state index in [0.717, 1.165) is 12.1 Å². The zero-order valence-electron chi connectivity index (χ0n) is 22.6. The molecule has 0 saturated carbocycles. The molecule has 41 heavy (non-hydrogen) atoms. The predicted molar refractivity (Wildman–Crippen MR) is 140 cm³/mol. The fourth-order valence-electron chi connectivity index (χ4n) is 4.57. The second-order valence-electron chi connectivity index (χ2n) is 10.1. The summed E-state index contributed by atoms with van der Waals surface area (Å²) < 4.78 is 73.8. The number of Topliss-reactive ketones (excluding diaryl/α,β-unsaturated/α-hetero) is 1. The monoisotopic (exact) mass is 578 g/mol. The first-order valence-corrected chi connectivity index (χ1v) is 12.7. The smallest absolute Gasteiger partial charge is 0.422 e. The Hall–Kier alpha value is -3.74. The summed E-state index contributed by atoms with van der Waals surface area (Å²) in [5.41, 5.74) is 1.52. The van der Waals surface area contributed by atoms with Crippen molar-refractivity contribution in [2.24, 2.45) is 5.73 Å². The lowest BCUT2D eigenvalue weighted by molar-refractivity contribution is -0.270. The van der Waals surface area contributed by atoms with Gasteiger partial charge < -0.3 is 30.2 Å². The first kappa shape index (κ1) is 30.2. The number of carbonyl (C=O) groups is 1. The van der Waals surface area contributed by atoms with Crippen LogP contribution in [0.2, 0.25) is 0 Å². The third kappa shape index (κ3) is 5.85. The first-order valence-electron chi connectivity index (χ1n) is 12.7. The van der Waals surface area contributed by atoms with Gasteiger partial charge in [-0.1, -0.05) is 0 Å². The number of hydrogen-bond donors (Lipinski definition) is 3. The van der Waals surface area contributed by atoms with Gasteiger partial charge in [0.1, 0.15) is 24.7 Å². The summed E-state index contributed by atoms with van der Waals surface area (Å²) in [6.45, 7) is 2.73. The van der Waals surface area contributed by atoms with E-state index in [1.165, 1.54) is 44.4 Å². The normalized spacial score (nSPS) is 17.9. The summed E-state index contributed by atoms with van der Waals surface area (Å²) in [5.74, 6) is -0.677. The number of aliphatic hydroxyl groups is 2. The molecule has 0 spiro atoms. The number of nitrogens with two attached hydrogens (primary N) is 1. The highest BCUT2D eigenvalue weighted by Crippen LogP contribution is 2.48. The number of ketones is 1. The molecule has 12 heteroatoms. The molecular weight excluding hydrogens is 548 g/mol. The van der Waals surface area contributed by atoms with Gasteiger partial charge in [-0.3, -0.25) is 4.79 Å². The number of carbonyl (C=O) groups excluding carboxylic acids is 1. The molecule has 0 aliphatic carbocycles. The van der Waals surface area contributed by atoms with E-state index in [2.05, 4.69) is 4.98 Å². The standard InChI is InChI=1S/C29H30F4N2O6/c1-16-12-18(4-6-20(16)30)25-26-19(27(2,34)15-41-26)14-24(35-25)28(38,29(31,32)33)9-8-21(37)17-5-7-22(40-11-10-36)23(13-17)39-3/h4-7,12-14,36,38H,8-11,15,34H2,1-3H3. The van der Waals surface area contributed by atoms with Crippen molar-refractivity contribution in [2.45, 2.75) is 44.0 Å². The Morgan fingerprint density at radius 1 is 1.17 bits per heavy atom. The zero-order chi connectivity index (χ0) is 30.2. The van der Waals surface area contributed by atoms with Gasteiger partial charge in [-0.15, -0.1) is 0 Å². The van der Waals surface area contributed by atoms with Crippen LogP contribution in [0, 0.1) is 12.7 Å². The molecule has 0 fully saturated rings. The maximum Gasteiger partial charge on any atom is 0.422 e. The van der Waals surface area contributed by atoms with E-state index in [-0.39, 0.29) is 65.0 Å². The molecule has 4 N–H and O–H groups in total. The highest BCUT2D eigenvalue weighted by molar-refractivity contribution is 5.96. The zero-order valence-corrected chi connectivity index (χ0v) is 22.6. The van der Waals surface area contributed by atoms with Crippen molar-refractivity contribution >= 4 is 5.78 Å². The van der Waals surface area contributed by atoms with Gasteiger partial charge in [0.05, 0.1) is 24.9 Å². The number of pyridine rings is 1. The summed E-state index contributed by atoms with van der Waals surface area (Å²) in [7, 11) is 1.33. The van der Waals surface area contributed by atoms with E-state index in [4.69, 9.17) is 25.1 Å². The van der Waals surface area contributed by atoms with E-state index in [9.17, 15) is 27.5 Å². The molecule has 1 aliphatic rings. The highest BCUT2D eigenvalue weighted by Gasteiger charge is 2.56. The third-order valence-electron chi connectivity index (χ3n) is 6.98. The summed E-state index contributed by atoms with van der Waals surface area (Å²) in [6.07, 6.45) is -6.97. The van der Waals surface area contributed by atoms with Crippen LogP contribution in [-0.4, -0.2) is 54.1 Å². The number of aryl methyl sites for hydroxylation is 1. The molecule has 2 heterocycles. The minimum atomic E-state index is -5.23. The quantitative estimate of drug-likeness (QED) is 0.236. The second-order valence-corrected chi connectivity index (χ2v) is 10.1. The average molecular weight is 579 g/mol. The summed E-state index contributed by atoms with van der Waals surface area (Å²) in [6, 6.07) is 9.03. The lowest BCUT2D eigenvalue weighted by Crippen LogP contribution is -2.44. The number of alkyl halides is 3. The SMILES string of the molecule is COc1cc(C(=O)CCC(O)(c2cc3c(c(-c4ccc(F)c(C)c4)n2)OCC3(C)N)C(F)(F)F)ccc1OCCO. The molecule has 2 unspecified atom stereocenters. The van der Waals surface area contributed by atoms with Gasteiger partial charge in [0, 0.05) is 23.1 Å². The second kappa shape index (κ2) is 11.3. The van der Waals surface area contributed by atoms with E-state index in [1.807, 2.05) is 0 Å². The first-order chi connectivity index (χ1) is 19.2. The number of halogens is 4. The van der Waals surface area contributed by atoms with Gasteiger partial charge in [0.2, 0.25) is 5.60 Å². The van der Waals surface area contributed by atoms with Gasteiger partial charge in [0.25, 0.3) is 0 Å². The summed E-state index contributed by atoms with van der Waals surface area (Å²) in [4.78, 5) is 17.1. The third-order valence-corrected chi connectivity index (χ3v) is 6.98. The molecule has 3 aromatic rings. The lowest BCUT2D eigenvalue weighted by Gasteiger charge is -2.31. The molecule has 1 aromatic heterocycles. The van der Waals surface area contributed by atoms with E-state index in [1.54, 1.807) is 6.92 Å². The predicted octanol–water partition coefficient (Wildman–Crippen LogP) is 4.56. The molecule has 220 valence electrons. The van der Waals surface area contributed by atoms with Crippen LogP contribution in [-0.2, 0) is 11.1 Å². The molecule has 4 rings (SSSR count). The number of nitrogens with zero attached hydrogens (tertiary/aromatic N) is 1. The molecular formula is C29H30F4N2O6. The Morgan fingerprint density at radius 2 is 1.90 bits per heavy atom. The fourth-order valence-corrected chi connectivity index (χ4v) is 4.57. The number of methoxy groups -OCH3 is 1. The maximum absolute atomic E-state index is 14.6. The van der Waals surface area contributed by atoms with Crippen molar-refractivity contribution in [1.82, 2.24) is 4.98 Å². The van der Waals surface area contributed by atoms with Crippen LogP contribution < -0.4 is 19.9 Å². The fraction of sp³-hybridized carbons (Fsp3) is 0.379. The van der Waals surface area contributed by atoms with E-state index < -0.39 is 47.5 Å². The van der Waals surface area contributed by atoms with Crippen molar-refractivity contribution in [2.75, 3.05) is 26.9 Å². The Bertz CT molecular complexity index is 1460. The number of rotatable bonds is 10. The van der Waals surface area contributed by atoms with Crippen LogP contribution in [0.3, 0.4) is 0 Å². The van der Waals surface area contributed by atoms with Gasteiger partial charge >= 0.3 is 6.18 Å². The largest absolute Gasteiger partial charge is 0.493 e. The van der Waals surface area contributed by atoms with Gasteiger partial charge in [0.15, 0.2) is 23.0 Å². The molecule has 0 saturated heterocycles. The summed E-state index contributed by atoms with van der Waals surface area (Å²) >= 11 is 0. The van der Waals surface area contributed by atoms with Crippen LogP contribution in [0.1, 0.15) is 46.9 Å². The maximum atomic E-state index is 14.6.